The lowest BCUT2D eigenvalue weighted by Crippen LogP contribution is -2.44. The van der Waals surface area contributed by atoms with Crippen LogP contribution in [0.4, 0.5) is 0 Å². The second-order valence-corrected chi connectivity index (χ2v) is 6.87. The molecule has 0 radical (unpaired) electrons. The van der Waals surface area contributed by atoms with Crippen molar-refractivity contribution in [3.63, 3.8) is 0 Å². The first-order chi connectivity index (χ1) is 12.1. The maximum atomic E-state index is 12.2. The van der Waals surface area contributed by atoms with E-state index in [9.17, 15) is 22.8 Å². The Morgan fingerprint density at radius 3 is 2.00 bits per heavy atom. The van der Waals surface area contributed by atoms with Crippen LogP contribution in [0.15, 0.2) is 29.2 Å². The minimum Gasteiger partial charge on any atom is -0.466 e. The van der Waals surface area contributed by atoms with Crippen LogP contribution in [0.1, 0.15) is 19.4 Å². The normalized spacial score (nSPS) is 13.4. The highest BCUT2D eigenvalue weighted by atomic mass is 32.2. The van der Waals surface area contributed by atoms with E-state index >= 15 is 0 Å². The first-order valence-electron chi connectivity index (χ1n) is 7.45. The highest BCUT2D eigenvalue weighted by molar-refractivity contribution is 7.86. The molecule has 0 N–H and O–H groups in total. The van der Waals surface area contributed by atoms with Crippen LogP contribution in [0.25, 0.3) is 0 Å². The molecule has 1 aromatic rings. The lowest BCUT2D eigenvalue weighted by molar-refractivity contribution is -0.181. The Bertz CT molecular complexity index is 752. The molecule has 0 spiro atoms. The van der Waals surface area contributed by atoms with Crippen molar-refractivity contribution < 1.29 is 41.2 Å². The van der Waals surface area contributed by atoms with Crippen LogP contribution >= 0.6 is 0 Å². The number of hydrogen-bond donors (Lipinski definition) is 0. The molecule has 0 saturated carbocycles. The van der Waals surface area contributed by atoms with Gasteiger partial charge in [-0.2, -0.15) is 8.42 Å². The van der Waals surface area contributed by atoms with E-state index in [1.165, 1.54) is 12.1 Å². The molecule has 0 saturated heterocycles. The SMILES string of the molecule is COC(=O)[C@@H](OC(C)=O)[C@@H](COS(=O)(=O)c1ccc(C)cc1)OC(C)=O. The molecule has 1 aromatic carbocycles. The molecule has 0 fully saturated rings. The Kier molecular flexibility index (Phi) is 7.72. The largest absolute Gasteiger partial charge is 0.466 e. The van der Waals surface area contributed by atoms with Gasteiger partial charge in [0.2, 0.25) is 6.10 Å². The second kappa shape index (κ2) is 9.30. The smallest absolute Gasteiger partial charge is 0.351 e. The van der Waals surface area contributed by atoms with Gasteiger partial charge in [0, 0.05) is 13.8 Å². The first-order valence-corrected chi connectivity index (χ1v) is 8.86. The van der Waals surface area contributed by atoms with Gasteiger partial charge in [0.1, 0.15) is 6.61 Å². The van der Waals surface area contributed by atoms with Crippen molar-refractivity contribution in [2.45, 2.75) is 37.9 Å². The fourth-order valence-corrected chi connectivity index (χ4v) is 2.82. The predicted molar refractivity (Wildman–Crippen MR) is 87.4 cm³/mol. The molecular weight excluding hydrogens is 368 g/mol. The van der Waals surface area contributed by atoms with Crippen molar-refractivity contribution in [1.82, 2.24) is 0 Å². The number of esters is 3. The second-order valence-electron chi connectivity index (χ2n) is 5.25. The summed E-state index contributed by atoms with van der Waals surface area (Å²) in [5, 5.41) is 0. The Labute approximate surface area is 151 Å². The van der Waals surface area contributed by atoms with E-state index in [-0.39, 0.29) is 4.90 Å². The molecular formula is C16H20O9S. The Morgan fingerprint density at radius 2 is 1.54 bits per heavy atom. The van der Waals surface area contributed by atoms with E-state index in [1.54, 1.807) is 19.1 Å². The lowest BCUT2D eigenvalue weighted by atomic mass is 10.2. The van der Waals surface area contributed by atoms with Gasteiger partial charge in [-0.1, -0.05) is 17.7 Å². The molecule has 10 heteroatoms. The molecule has 0 amide bonds. The molecule has 0 aliphatic rings. The Hall–Kier alpha value is -2.46. The zero-order valence-corrected chi connectivity index (χ0v) is 15.6. The van der Waals surface area contributed by atoms with Crippen LogP contribution in [-0.2, 0) is 42.9 Å². The molecule has 0 heterocycles. The van der Waals surface area contributed by atoms with Crippen LogP contribution in [0.3, 0.4) is 0 Å². The molecule has 26 heavy (non-hydrogen) atoms. The maximum Gasteiger partial charge on any atom is 0.351 e. The highest BCUT2D eigenvalue weighted by Crippen LogP contribution is 2.16. The van der Waals surface area contributed by atoms with Gasteiger partial charge in [0.15, 0.2) is 6.10 Å². The summed E-state index contributed by atoms with van der Waals surface area (Å²) in [5.41, 5.74) is 0.849. The third-order valence-corrected chi connectivity index (χ3v) is 4.37. The van der Waals surface area contributed by atoms with Gasteiger partial charge in [0.05, 0.1) is 12.0 Å². The number of aryl methyl sites for hydroxylation is 1. The van der Waals surface area contributed by atoms with Gasteiger partial charge in [-0.05, 0) is 19.1 Å². The Morgan fingerprint density at radius 1 is 1.00 bits per heavy atom. The summed E-state index contributed by atoms with van der Waals surface area (Å²) in [5.74, 6) is -2.70. The van der Waals surface area contributed by atoms with Crippen molar-refractivity contribution in [3.8, 4) is 0 Å². The first kappa shape index (κ1) is 21.6. The number of carbonyl (C=O) groups is 3. The van der Waals surface area contributed by atoms with Gasteiger partial charge in [-0.3, -0.25) is 13.8 Å². The lowest BCUT2D eigenvalue weighted by Gasteiger charge is -2.24. The van der Waals surface area contributed by atoms with Crippen molar-refractivity contribution in [3.05, 3.63) is 29.8 Å². The van der Waals surface area contributed by atoms with Gasteiger partial charge < -0.3 is 14.2 Å². The molecule has 9 nitrogen and oxygen atoms in total. The predicted octanol–water partition coefficient (Wildman–Crippen LogP) is 0.737. The molecule has 2 atom stereocenters. The Balaban J connectivity index is 3.01. The summed E-state index contributed by atoms with van der Waals surface area (Å²) >= 11 is 0. The van der Waals surface area contributed by atoms with Crippen molar-refractivity contribution in [1.29, 1.82) is 0 Å². The number of ether oxygens (including phenoxy) is 3. The molecule has 0 bridgehead atoms. The molecule has 1 rings (SSSR count). The average Bonchev–Trinajstić information content (AvgIpc) is 2.56. The summed E-state index contributed by atoms with van der Waals surface area (Å²) < 4.78 is 43.5. The van der Waals surface area contributed by atoms with Gasteiger partial charge in [0.25, 0.3) is 10.1 Å². The van der Waals surface area contributed by atoms with E-state index in [0.29, 0.717) is 0 Å². The van der Waals surface area contributed by atoms with Gasteiger partial charge in [-0.15, -0.1) is 0 Å². The molecule has 0 aromatic heterocycles. The van der Waals surface area contributed by atoms with Crippen LogP contribution in [0, 0.1) is 6.92 Å². The van der Waals surface area contributed by atoms with Crippen molar-refractivity contribution >= 4 is 28.0 Å². The molecule has 144 valence electrons. The average molecular weight is 388 g/mol. The van der Waals surface area contributed by atoms with Gasteiger partial charge >= 0.3 is 17.9 Å². The number of hydrogen-bond acceptors (Lipinski definition) is 9. The van der Waals surface area contributed by atoms with E-state index in [1.807, 2.05) is 0 Å². The van der Waals surface area contributed by atoms with Crippen molar-refractivity contribution in [2.24, 2.45) is 0 Å². The third kappa shape index (κ3) is 6.45. The molecule has 0 aliphatic heterocycles. The van der Waals surface area contributed by atoms with E-state index in [2.05, 4.69) is 4.74 Å². The van der Waals surface area contributed by atoms with E-state index in [4.69, 9.17) is 13.7 Å². The monoisotopic (exact) mass is 388 g/mol. The minimum absolute atomic E-state index is 0.119. The summed E-state index contributed by atoms with van der Waals surface area (Å²) in [6, 6.07) is 5.84. The standard InChI is InChI=1S/C16H20O9S/c1-10-5-7-13(8-6-10)26(20,21)23-9-14(24-11(2)17)15(16(19)22-4)25-12(3)18/h5-8,14-15H,9H2,1-4H3/t14-,15+/m1/s1. The fourth-order valence-electron chi connectivity index (χ4n) is 1.90. The third-order valence-electron chi connectivity index (χ3n) is 3.08. The van der Waals surface area contributed by atoms with Crippen molar-refractivity contribution in [2.75, 3.05) is 13.7 Å². The number of rotatable bonds is 8. The van der Waals surface area contributed by atoms with Crippen LogP contribution in [0.2, 0.25) is 0 Å². The zero-order chi connectivity index (χ0) is 19.9. The number of carbonyl (C=O) groups excluding carboxylic acids is 3. The van der Waals surface area contributed by atoms with Gasteiger partial charge in [-0.25, -0.2) is 4.79 Å². The summed E-state index contributed by atoms with van der Waals surface area (Å²) in [6.07, 6.45) is -3.18. The molecule has 0 aliphatic carbocycles. The quantitative estimate of drug-likeness (QED) is 0.360. The minimum atomic E-state index is -4.19. The van der Waals surface area contributed by atoms with Crippen LogP contribution in [0.5, 0.6) is 0 Å². The van der Waals surface area contributed by atoms with E-state index in [0.717, 1.165) is 26.5 Å². The topological polar surface area (TPSA) is 122 Å². The summed E-state index contributed by atoms with van der Waals surface area (Å²) in [6.45, 7) is 3.12. The zero-order valence-electron chi connectivity index (χ0n) is 14.8. The number of methoxy groups -OCH3 is 1. The fraction of sp³-hybridized carbons (Fsp3) is 0.438. The maximum absolute atomic E-state index is 12.2. The number of benzene rings is 1. The summed E-state index contributed by atoms with van der Waals surface area (Å²) in [4.78, 5) is 34.1. The van der Waals surface area contributed by atoms with Crippen LogP contribution < -0.4 is 0 Å². The van der Waals surface area contributed by atoms with Crippen LogP contribution in [-0.4, -0.2) is 52.3 Å². The van der Waals surface area contributed by atoms with E-state index < -0.39 is 46.8 Å². The summed E-state index contributed by atoms with van der Waals surface area (Å²) in [7, 11) is -3.15. The highest BCUT2D eigenvalue weighted by Gasteiger charge is 2.36. The molecule has 0 unspecified atom stereocenters.